The molecule has 0 spiro atoms. The number of nitrogens with zero attached hydrogens (tertiary/aromatic N) is 1. The number of benzene rings is 1. The fraction of sp³-hybridized carbons (Fsp3) is 0.429. The van der Waals surface area contributed by atoms with E-state index in [0.717, 1.165) is 5.75 Å². The van der Waals surface area contributed by atoms with Gasteiger partial charge < -0.3 is 10.0 Å². The molecule has 1 N–H and O–H groups in total. The van der Waals surface area contributed by atoms with E-state index < -0.39 is 5.97 Å². The Morgan fingerprint density at radius 1 is 1.26 bits per heavy atom. The maximum absolute atomic E-state index is 11.8. The van der Waals surface area contributed by atoms with Crippen LogP contribution >= 0.6 is 11.8 Å². The minimum atomic E-state index is -0.782. The maximum Gasteiger partial charge on any atom is 0.303 e. The van der Waals surface area contributed by atoms with E-state index in [1.165, 1.54) is 5.56 Å². The molecule has 4 nitrogen and oxygen atoms in total. The van der Waals surface area contributed by atoms with Crippen molar-refractivity contribution in [2.24, 2.45) is 5.92 Å². The van der Waals surface area contributed by atoms with Gasteiger partial charge in [-0.3, -0.25) is 9.59 Å². The molecule has 5 heteroatoms. The minimum Gasteiger partial charge on any atom is -0.481 e. The molecule has 1 aromatic rings. The lowest BCUT2D eigenvalue weighted by Crippen LogP contribution is -2.51. The Kier molecular flexibility index (Phi) is 4.85. The third-order valence-electron chi connectivity index (χ3n) is 3.11. The molecule has 0 unspecified atom stereocenters. The first-order chi connectivity index (χ1) is 9.15. The standard InChI is InChI=1S/C14H17NO3S/c16-13(15-7-12(8-15)6-14(17)18)10-19-9-11-4-2-1-3-5-11/h1-5,12H,6-10H2,(H,17,18). The van der Waals surface area contributed by atoms with Crippen LogP contribution in [-0.2, 0) is 15.3 Å². The fourth-order valence-electron chi connectivity index (χ4n) is 2.07. The topological polar surface area (TPSA) is 57.6 Å². The Labute approximate surface area is 116 Å². The van der Waals surface area contributed by atoms with Crippen molar-refractivity contribution in [2.75, 3.05) is 18.8 Å². The van der Waals surface area contributed by atoms with Crippen LogP contribution in [0, 0.1) is 5.92 Å². The van der Waals surface area contributed by atoms with Crippen molar-refractivity contribution in [3.8, 4) is 0 Å². The number of likely N-dealkylation sites (tertiary alicyclic amines) is 1. The van der Waals surface area contributed by atoms with Gasteiger partial charge in [0.15, 0.2) is 0 Å². The summed E-state index contributed by atoms with van der Waals surface area (Å²) in [6.07, 6.45) is 0.168. The summed E-state index contributed by atoms with van der Waals surface area (Å²) in [5.41, 5.74) is 1.22. The molecule has 1 aromatic carbocycles. The number of carboxylic acids is 1. The number of carbonyl (C=O) groups excluding carboxylic acids is 1. The number of hydrogen-bond acceptors (Lipinski definition) is 3. The third kappa shape index (κ3) is 4.28. The Hall–Kier alpha value is -1.49. The summed E-state index contributed by atoms with van der Waals surface area (Å²) in [4.78, 5) is 24.0. The molecule has 0 aromatic heterocycles. The normalized spacial score (nSPS) is 15.1. The van der Waals surface area contributed by atoms with Crippen LogP contribution in [0.5, 0.6) is 0 Å². The molecule has 1 saturated heterocycles. The molecule has 1 aliphatic heterocycles. The van der Waals surface area contributed by atoms with Crippen LogP contribution in [0.25, 0.3) is 0 Å². The largest absolute Gasteiger partial charge is 0.481 e. The molecule has 0 bridgehead atoms. The second-order valence-electron chi connectivity index (χ2n) is 4.74. The summed E-state index contributed by atoms with van der Waals surface area (Å²) in [6.45, 7) is 1.19. The quantitative estimate of drug-likeness (QED) is 0.863. The molecule has 0 radical (unpaired) electrons. The molecule has 102 valence electrons. The molecular weight excluding hydrogens is 262 g/mol. The first-order valence-corrected chi connectivity index (χ1v) is 7.42. The maximum atomic E-state index is 11.8. The molecular formula is C14H17NO3S. The highest BCUT2D eigenvalue weighted by molar-refractivity contribution is 7.99. The smallest absolute Gasteiger partial charge is 0.303 e. The summed E-state index contributed by atoms with van der Waals surface area (Å²) in [6, 6.07) is 10.0. The molecule has 1 amide bonds. The number of amides is 1. The predicted molar refractivity (Wildman–Crippen MR) is 74.9 cm³/mol. The van der Waals surface area contributed by atoms with E-state index in [2.05, 4.69) is 0 Å². The summed E-state index contributed by atoms with van der Waals surface area (Å²) in [5.74, 6) is 0.770. The fourth-order valence-corrected chi connectivity index (χ4v) is 2.96. The van der Waals surface area contributed by atoms with Crippen molar-refractivity contribution in [1.82, 2.24) is 4.90 Å². The summed E-state index contributed by atoms with van der Waals surface area (Å²) in [7, 11) is 0. The van der Waals surface area contributed by atoms with Crippen molar-refractivity contribution in [3.05, 3.63) is 35.9 Å². The number of rotatable bonds is 6. The van der Waals surface area contributed by atoms with Gasteiger partial charge in [-0.1, -0.05) is 30.3 Å². The molecule has 1 fully saturated rings. The number of aliphatic carboxylic acids is 1. The predicted octanol–water partition coefficient (Wildman–Crippen LogP) is 1.85. The van der Waals surface area contributed by atoms with Crippen LogP contribution in [0.2, 0.25) is 0 Å². The van der Waals surface area contributed by atoms with Crippen LogP contribution in [0.1, 0.15) is 12.0 Å². The van der Waals surface area contributed by atoms with Crippen LogP contribution in [-0.4, -0.2) is 40.7 Å². The lowest BCUT2D eigenvalue weighted by Gasteiger charge is -2.38. The molecule has 0 atom stereocenters. The average molecular weight is 279 g/mol. The van der Waals surface area contributed by atoms with Crippen molar-refractivity contribution in [2.45, 2.75) is 12.2 Å². The first-order valence-electron chi connectivity index (χ1n) is 6.26. The van der Waals surface area contributed by atoms with Crippen LogP contribution < -0.4 is 0 Å². The van der Waals surface area contributed by atoms with E-state index in [9.17, 15) is 9.59 Å². The average Bonchev–Trinajstić information content (AvgIpc) is 2.34. The number of thioether (sulfide) groups is 1. The Morgan fingerprint density at radius 3 is 2.58 bits per heavy atom. The minimum absolute atomic E-state index is 0.113. The van der Waals surface area contributed by atoms with Gasteiger partial charge in [0.25, 0.3) is 0 Å². The van der Waals surface area contributed by atoms with E-state index in [0.29, 0.717) is 18.8 Å². The van der Waals surface area contributed by atoms with Gasteiger partial charge in [-0.05, 0) is 5.56 Å². The van der Waals surface area contributed by atoms with E-state index >= 15 is 0 Å². The van der Waals surface area contributed by atoms with Gasteiger partial charge >= 0.3 is 5.97 Å². The zero-order valence-electron chi connectivity index (χ0n) is 10.6. The SMILES string of the molecule is O=C(O)CC1CN(C(=O)CSCc2ccccc2)C1. The lowest BCUT2D eigenvalue weighted by molar-refractivity contribution is -0.143. The Morgan fingerprint density at radius 2 is 1.95 bits per heavy atom. The van der Waals surface area contributed by atoms with Crippen molar-refractivity contribution < 1.29 is 14.7 Å². The number of hydrogen-bond donors (Lipinski definition) is 1. The van der Waals surface area contributed by atoms with Gasteiger partial charge in [-0.15, -0.1) is 11.8 Å². The zero-order valence-corrected chi connectivity index (χ0v) is 11.4. The summed E-state index contributed by atoms with van der Waals surface area (Å²) < 4.78 is 0. The van der Waals surface area contributed by atoms with E-state index in [-0.39, 0.29) is 18.2 Å². The first kappa shape index (κ1) is 13.9. The molecule has 0 aliphatic carbocycles. The Balaban J connectivity index is 1.62. The van der Waals surface area contributed by atoms with Gasteiger partial charge in [-0.25, -0.2) is 0 Å². The van der Waals surface area contributed by atoms with Crippen molar-refractivity contribution in [3.63, 3.8) is 0 Å². The lowest BCUT2D eigenvalue weighted by atomic mass is 9.96. The highest BCUT2D eigenvalue weighted by Crippen LogP contribution is 2.21. The van der Waals surface area contributed by atoms with Crippen molar-refractivity contribution >= 4 is 23.6 Å². The number of carbonyl (C=O) groups is 2. The summed E-state index contributed by atoms with van der Waals surface area (Å²) >= 11 is 1.60. The monoisotopic (exact) mass is 279 g/mol. The van der Waals surface area contributed by atoms with Crippen LogP contribution in [0.4, 0.5) is 0 Å². The molecule has 1 heterocycles. The Bertz CT molecular complexity index is 443. The molecule has 0 saturated carbocycles. The highest BCUT2D eigenvalue weighted by atomic mass is 32.2. The molecule has 2 rings (SSSR count). The highest BCUT2D eigenvalue weighted by Gasteiger charge is 2.31. The van der Waals surface area contributed by atoms with Crippen LogP contribution in [0.15, 0.2) is 30.3 Å². The molecule has 19 heavy (non-hydrogen) atoms. The van der Waals surface area contributed by atoms with E-state index in [4.69, 9.17) is 5.11 Å². The van der Waals surface area contributed by atoms with E-state index in [1.54, 1.807) is 16.7 Å². The van der Waals surface area contributed by atoms with Gasteiger partial charge in [0.2, 0.25) is 5.91 Å². The van der Waals surface area contributed by atoms with Gasteiger partial charge in [-0.2, -0.15) is 0 Å². The second kappa shape index (κ2) is 6.61. The van der Waals surface area contributed by atoms with E-state index in [1.807, 2.05) is 30.3 Å². The van der Waals surface area contributed by atoms with Gasteiger partial charge in [0.1, 0.15) is 0 Å². The zero-order chi connectivity index (χ0) is 13.7. The van der Waals surface area contributed by atoms with Gasteiger partial charge in [0.05, 0.1) is 12.2 Å². The van der Waals surface area contributed by atoms with Crippen LogP contribution in [0.3, 0.4) is 0 Å². The number of carboxylic acid groups (broad SMARTS) is 1. The van der Waals surface area contributed by atoms with Crippen molar-refractivity contribution in [1.29, 1.82) is 0 Å². The summed E-state index contributed by atoms with van der Waals surface area (Å²) in [5, 5.41) is 8.63. The second-order valence-corrected chi connectivity index (χ2v) is 5.73. The van der Waals surface area contributed by atoms with Gasteiger partial charge in [0, 0.05) is 24.8 Å². The third-order valence-corrected chi connectivity index (χ3v) is 4.10. The molecule has 1 aliphatic rings.